The molecule has 0 saturated heterocycles. The maximum absolute atomic E-state index is 6.37. The van der Waals surface area contributed by atoms with Gasteiger partial charge in [-0.25, -0.2) is 4.98 Å². The first-order valence-corrected chi connectivity index (χ1v) is 10.7. The molecule has 0 aliphatic carbocycles. The van der Waals surface area contributed by atoms with Crippen LogP contribution in [0.3, 0.4) is 0 Å². The molecule has 1 aliphatic rings. The maximum Gasteiger partial charge on any atom is 0.219 e. The van der Waals surface area contributed by atoms with Crippen LogP contribution >= 0.6 is 0 Å². The van der Waals surface area contributed by atoms with E-state index in [-0.39, 0.29) is 0 Å². The zero-order chi connectivity index (χ0) is 22.2. The molecule has 5 aromatic rings. The number of fused-ring (bicyclic) bond motifs is 3. The summed E-state index contributed by atoms with van der Waals surface area (Å²) in [5, 5.41) is 1.93. The molecule has 0 radical (unpaired) electrons. The van der Waals surface area contributed by atoms with Crippen molar-refractivity contribution < 1.29 is 13.9 Å². The van der Waals surface area contributed by atoms with E-state index in [2.05, 4.69) is 27.1 Å². The minimum Gasteiger partial charge on any atom is -0.453 e. The van der Waals surface area contributed by atoms with Crippen LogP contribution in [-0.2, 0) is 0 Å². The second-order valence-electron chi connectivity index (χ2n) is 7.93. The van der Waals surface area contributed by atoms with Crippen molar-refractivity contribution in [1.29, 1.82) is 0 Å². The third-order valence-corrected chi connectivity index (χ3v) is 5.53. The molecule has 162 valence electrons. The molecule has 0 saturated carbocycles. The Kier molecular flexibility index (Phi) is 4.61. The fourth-order valence-electron chi connectivity index (χ4n) is 3.98. The lowest BCUT2D eigenvalue weighted by Crippen LogP contribution is -2.21. The predicted octanol–water partition coefficient (Wildman–Crippen LogP) is 6.75. The Hall–Kier alpha value is -4.45. The first-order chi connectivity index (χ1) is 16.2. The molecular formula is C27H21N3O3. The molecule has 0 atom stereocenters. The third-order valence-electron chi connectivity index (χ3n) is 5.53. The van der Waals surface area contributed by atoms with E-state index in [0.717, 1.165) is 28.7 Å². The number of furan rings is 1. The van der Waals surface area contributed by atoms with Gasteiger partial charge in [0.1, 0.15) is 17.1 Å². The Morgan fingerprint density at radius 1 is 0.818 bits per heavy atom. The van der Waals surface area contributed by atoms with Crippen LogP contribution in [0, 0.1) is 0 Å². The second kappa shape index (κ2) is 7.91. The van der Waals surface area contributed by atoms with E-state index < -0.39 is 0 Å². The molecule has 3 aromatic carbocycles. The van der Waals surface area contributed by atoms with E-state index >= 15 is 0 Å². The Morgan fingerprint density at radius 3 is 2.58 bits per heavy atom. The van der Waals surface area contributed by atoms with Gasteiger partial charge in [-0.1, -0.05) is 30.3 Å². The largest absolute Gasteiger partial charge is 0.453 e. The molecule has 6 heteroatoms. The topological polar surface area (TPSA) is 51.0 Å². The molecule has 0 unspecified atom stereocenters. The molecule has 0 bridgehead atoms. The van der Waals surface area contributed by atoms with Gasteiger partial charge < -0.3 is 23.7 Å². The van der Waals surface area contributed by atoms with Gasteiger partial charge in [0.2, 0.25) is 5.88 Å². The van der Waals surface area contributed by atoms with Crippen LogP contribution in [0.25, 0.3) is 21.9 Å². The quantitative estimate of drug-likeness (QED) is 0.304. The molecule has 0 fully saturated rings. The average Bonchev–Trinajstić information content (AvgIpc) is 3.44. The van der Waals surface area contributed by atoms with Crippen LogP contribution in [0.1, 0.15) is 0 Å². The summed E-state index contributed by atoms with van der Waals surface area (Å²) in [4.78, 5) is 8.55. The number of para-hydroxylation sites is 1. The summed E-state index contributed by atoms with van der Waals surface area (Å²) < 4.78 is 18.6. The van der Waals surface area contributed by atoms with Gasteiger partial charge >= 0.3 is 0 Å². The highest BCUT2D eigenvalue weighted by atomic mass is 16.5. The summed E-state index contributed by atoms with van der Waals surface area (Å²) in [7, 11) is 2.04. The summed E-state index contributed by atoms with van der Waals surface area (Å²) in [6.45, 7) is 0.796. The number of aromatic nitrogens is 1. The van der Waals surface area contributed by atoms with Crippen LogP contribution in [0.5, 0.6) is 23.1 Å². The Labute approximate surface area is 190 Å². The summed E-state index contributed by atoms with van der Waals surface area (Å²) in [5.74, 6) is 2.44. The van der Waals surface area contributed by atoms with Crippen LogP contribution in [0.2, 0.25) is 0 Å². The Morgan fingerprint density at radius 2 is 1.73 bits per heavy atom. The molecule has 2 aromatic heterocycles. The third kappa shape index (κ3) is 3.72. The van der Waals surface area contributed by atoms with Crippen molar-refractivity contribution in [3.8, 4) is 23.1 Å². The summed E-state index contributed by atoms with van der Waals surface area (Å²) >= 11 is 0. The van der Waals surface area contributed by atoms with Gasteiger partial charge in [-0.15, -0.1) is 0 Å². The van der Waals surface area contributed by atoms with Crippen molar-refractivity contribution in [2.45, 2.75) is 0 Å². The summed E-state index contributed by atoms with van der Waals surface area (Å²) in [6, 6.07) is 25.3. The van der Waals surface area contributed by atoms with Crippen molar-refractivity contribution in [2.75, 3.05) is 18.6 Å². The summed E-state index contributed by atoms with van der Waals surface area (Å²) in [5.41, 5.74) is 2.52. The van der Waals surface area contributed by atoms with E-state index in [1.54, 1.807) is 6.20 Å². The van der Waals surface area contributed by atoms with Gasteiger partial charge in [0.25, 0.3) is 0 Å². The molecule has 3 heterocycles. The monoisotopic (exact) mass is 435 g/mol. The fraction of sp³-hybridized carbons (Fsp3) is 0.0741. The average molecular weight is 435 g/mol. The minimum absolute atomic E-state index is 0.516. The molecule has 6 nitrogen and oxygen atoms in total. The lowest BCUT2D eigenvalue weighted by atomic mass is 10.1. The van der Waals surface area contributed by atoms with Crippen LogP contribution < -0.4 is 14.4 Å². The zero-order valence-corrected chi connectivity index (χ0v) is 18.0. The van der Waals surface area contributed by atoms with Gasteiger partial charge in [0.15, 0.2) is 11.3 Å². The highest BCUT2D eigenvalue weighted by Gasteiger charge is 2.17. The molecule has 0 amide bonds. The number of anilines is 1. The molecule has 6 rings (SSSR count). The van der Waals surface area contributed by atoms with Gasteiger partial charge in [-0.3, -0.25) is 0 Å². The maximum atomic E-state index is 6.37. The van der Waals surface area contributed by atoms with Gasteiger partial charge in [0.05, 0.1) is 6.67 Å². The second-order valence-corrected chi connectivity index (χ2v) is 7.93. The minimum atomic E-state index is 0.516. The van der Waals surface area contributed by atoms with E-state index in [1.165, 1.54) is 0 Å². The first kappa shape index (κ1) is 19.3. The standard InChI is InChI=1S/C27H21N3O3/c1-29-13-14-30(18-29)19-7-6-8-20(15-19)31-25-17-21(32-26-11-4-5-12-28-26)16-23-22-9-2-3-10-24(22)33-27(23)25/h2-17H,18H2,1H3. The number of hydrogen-bond donors (Lipinski definition) is 0. The highest BCUT2D eigenvalue weighted by molar-refractivity contribution is 6.07. The van der Waals surface area contributed by atoms with Crippen LogP contribution in [-0.4, -0.2) is 23.6 Å². The van der Waals surface area contributed by atoms with Gasteiger partial charge in [-0.05, 0) is 30.3 Å². The molecular weight excluding hydrogens is 414 g/mol. The number of hydrogen-bond acceptors (Lipinski definition) is 6. The lowest BCUT2D eigenvalue weighted by molar-refractivity contribution is 0.448. The van der Waals surface area contributed by atoms with Crippen molar-refractivity contribution in [3.05, 3.63) is 97.5 Å². The Balaban J connectivity index is 1.42. The van der Waals surface area contributed by atoms with E-state index in [0.29, 0.717) is 28.7 Å². The molecule has 0 spiro atoms. The molecule has 33 heavy (non-hydrogen) atoms. The SMILES string of the molecule is CN1C=CN(c2cccc(Oc3cc(Oc4ccccn4)cc4c3oc3ccccc34)c2)C1. The fourth-order valence-corrected chi connectivity index (χ4v) is 3.98. The first-order valence-electron chi connectivity index (χ1n) is 10.7. The van der Waals surface area contributed by atoms with Crippen LogP contribution in [0.15, 0.2) is 102 Å². The van der Waals surface area contributed by atoms with Crippen molar-refractivity contribution in [3.63, 3.8) is 0 Å². The predicted molar refractivity (Wildman–Crippen MR) is 129 cm³/mol. The zero-order valence-electron chi connectivity index (χ0n) is 18.0. The normalized spacial score (nSPS) is 13.2. The molecule has 1 aliphatic heterocycles. The van der Waals surface area contributed by atoms with Crippen molar-refractivity contribution >= 4 is 27.6 Å². The number of benzene rings is 3. The number of nitrogens with zero attached hydrogens (tertiary/aromatic N) is 3. The van der Waals surface area contributed by atoms with Crippen LogP contribution in [0.4, 0.5) is 5.69 Å². The van der Waals surface area contributed by atoms with Gasteiger partial charge in [-0.2, -0.15) is 0 Å². The number of rotatable bonds is 5. The highest BCUT2D eigenvalue weighted by Crippen LogP contribution is 2.41. The number of ether oxygens (including phenoxy) is 2. The van der Waals surface area contributed by atoms with Crippen molar-refractivity contribution in [2.24, 2.45) is 0 Å². The van der Waals surface area contributed by atoms with Crippen molar-refractivity contribution in [1.82, 2.24) is 9.88 Å². The molecule has 0 N–H and O–H groups in total. The summed E-state index contributed by atoms with van der Waals surface area (Å²) in [6.07, 6.45) is 5.80. The Bertz CT molecular complexity index is 1480. The lowest BCUT2D eigenvalue weighted by Gasteiger charge is -2.19. The smallest absolute Gasteiger partial charge is 0.219 e. The number of pyridine rings is 1. The van der Waals surface area contributed by atoms with Gasteiger partial charge in [0, 0.05) is 60.3 Å². The van der Waals surface area contributed by atoms with E-state index in [9.17, 15) is 0 Å². The van der Waals surface area contributed by atoms with E-state index in [1.807, 2.05) is 86.0 Å². The van der Waals surface area contributed by atoms with E-state index in [4.69, 9.17) is 13.9 Å².